The Labute approximate surface area is 147 Å². The van der Waals surface area contributed by atoms with Gasteiger partial charge in [0.1, 0.15) is 10.6 Å². The number of ether oxygens (including phenoxy) is 1. The molecule has 0 aliphatic heterocycles. The molecule has 0 fully saturated rings. The van der Waals surface area contributed by atoms with Crippen molar-refractivity contribution < 1.29 is 17.3 Å². The molecule has 0 aliphatic carbocycles. The third kappa shape index (κ3) is 3.55. The van der Waals surface area contributed by atoms with Crippen LogP contribution in [0.4, 0.5) is 0 Å². The third-order valence-corrected chi connectivity index (χ3v) is 5.17. The predicted molar refractivity (Wildman–Crippen MR) is 87.3 cm³/mol. The molecule has 0 aliphatic rings. The standard InChI is InChI=1S/C13H8Cl4O4S/c1-20-11-5-10(17)12(6-9(11)16)22(18,19)21-13-7(14)3-2-4-8(13)15/h2-6H,1H3. The molecule has 2 aromatic carbocycles. The summed E-state index contributed by atoms with van der Waals surface area (Å²) in [6.45, 7) is 0. The van der Waals surface area contributed by atoms with Gasteiger partial charge >= 0.3 is 10.1 Å². The van der Waals surface area contributed by atoms with Crippen LogP contribution in [0, 0.1) is 0 Å². The van der Waals surface area contributed by atoms with Crippen molar-refractivity contribution in [2.24, 2.45) is 0 Å². The highest BCUT2D eigenvalue weighted by Crippen LogP contribution is 2.38. The van der Waals surface area contributed by atoms with Crippen molar-refractivity contribution in [3.05, 3.63) is 50.4 Å². The number of benzene rings is 2. The molecule has 0 aromatic heterocycles. The third-order valence-electron chi connectivity index (χ3n) is 2.59. The van der Waals surface area contributed by atoms with Gasteiger partial charge in [0.15, 0.2) is 5.75 Å². The van der Waals surface area contributed by atoms with Crippen LogP contribution in [0.5, 0.6) is 11.5 Å². The second-order valence-electron chi connectivity index (χ2n) is 4.01. The second kappa shape index (κ2) is 6.72. The summed E-state index contributed by atoms with van der Waals surface area (Å²) in [5, 5.41) is 0.0577. The van der Waals surface area contributed by atoms with Crippen LogP contribution < -0.4 is 8.92 Å². The van der Waals surface area contributed by atoms with Gasteiger partial charge in [-0.1, -0.05) is 52.5 Å². The van der Waals surface area contributed by atoms with Crippen molar-refractivity contribution in [1.29, 1.82) is 0 Å². The van der Waals surface area contributed by atoms with Crippen molar-refractivity contribution in [3.63, 3.8) is 0 Å². The van der Waals surface area contributed by atoms with Crippen LogP contribution in [0.2, 0.25) is 20.1 Å². The van der Waals surface area contributed by atoms with Crippen molar-refractivity contribution in [1.82, 2.24) is 0 Å². The summed E-state index contributed by atoms with van der Waals surface area (Å²) in [7, 11) is -2.90. The Kier molecular flexibility index (Phi) is 5.35. The quantitative estimate of drug-likeness (QED) is 0.670. The summed E-state index contributed by atoms with van der Waals surface area (Å²) in [4.78, 5) is -0.323. The minimum absolute atomic E-state index is 0.0480. The molecule has 0 heterocycles. The molecule has 118 valence electrons. The van der Waals surface area contributed by atoms with E-state index in [1.807, 2.05) is 0 Å². The van der Waals surface area contributed by atoms with Crippen molar-refractivity contribution in [2.75, 3.05) is 7.11 Å². The fraction of sp³-hybridized carbons (Fsp3) is 0.0769. The van der Waals surface area contributed by atoms with Crippen LogP contribution in [0.25, 0.3) is 0 Å². The summed E-state index contributed by atoms with van der Waals surface area (Å²) >= 11 is 23.6. The first-order valence-electron chi connectivity index (χ1n) is 5.68. The average molecular weight is 402 g/mol. The fourth-order valence-electron chi connectivity index (χ4n) is 1.58. The minimum Gasteiger partial charge on any atom is -0.495 e. The zero-order valence-corrected chi connectivity index (χ0v) is 14.8. The van der Waals surface area contributed by atoms with Gasteiger partial charge in [-0.15, -0.1) is 0 Å². The van der Waals surface area contributed by atoms with Gasteiger partial charge < -0.3 is 8.92 Å². The SMILES string of the molecule is COc1cc(Cl)c(S(=O)(=O)Oc2c(Cl)cccc2Cl)cc1Cl. The highest BCUT2D eigenvalue weighted by Gasteiger charge is 2.25. The van der Waals surface area contributed by atoms with Crippen LogP contribution >= 0.6 is 46.4 Å². The van der Waals surface area contributed by atoms with Crippen molar-refractivity contribution >= 4 is 56.5 Å². The van der Waals surface area contributed by atoms with E-state index in [2.05, 4.69) is 0 Å². The maximum absolute atomic E-state index is 12.4. The molecule has 2 rings (SSSR count). The minimum atomic E-state index is -4.28. The lowest BCUT2D eigenvalue weighted by atomic mass is 10.3. The van der Waals surface area contributed by atoms with Crippen LogP contribution in [0.3, 0.4) is 0 Å². The molecule has 0 bridgehead atoms. The van der Waals surface area contributed by atoms with Gasteiger partial charge in [0.05, 0.1) is 27.2 Å². The molecular weight excluding hydrogens is 394 g/mol. The monoisotopic (exact) mass is 400 g/mol. The van der Waals surface area contributed by atoms with E-state index < -0.39 is 10.1 Å². The molecule has 22 heavy (non-hydrogen) atoms. The van der Waals surface area contributed by atoms with E-state index in [1.54, 1.807) is 6.07 Å². The Morgan fingerprint density at radius 3 is 2.05 bits per heavy atom. The van der Waals surface area contributed by atoms with Crippen molar-refractivity contribution in [2.45, 2.75) is 4.90 Å². The van der Waals surface area contributed by atoms with Crippen molar-refractivity contribution in [3.8, 4) is 11.5 Å². The van der Waals surface area contributed by atoms with Gasteiger partial charge in [0.25, 0.3) is 0 Å². The van der Waals surface area contributed by atoms with Gasteiger partial charge in [0, 0.05) is 6.07 Å². The highest BCUT2D eigenvalue weighted by atomic mass is 35.5. The summed E-state index contributed by atoms with van der Waals surface area (Å²) in [6, 6.07) is 6.85. The number of methoxy groups -OCH3 is 1. The molecule has 2 aromatic rings. The van der Waals surface area contributed by atoms with Gasteiger partial charge in [-0.25, -0.2) is 0 Å². The topological polar surface area (TPSA) is 52.6 Å². The lowest BCUT2D eigenvalue weighted by Crippen LogP contribution is -2.11. The number of hydrogen-bond donors (Lipinski definition) is 0. The molecule has 4 nitrogen and oxygen atoms in total. The predicted octanol–water partition coefficient (Wildman–Crippen LogP) is 5.08. The molecule has 0 atom stereocenters. The molecule has 0 saturated carbocycles. The Bertz CT molecular complexity index is 801. The largest absolute Gasteiger partial charge is 0.495 e. The fourth-order valence-corrected chi connectivity index (χ4v) is 3.93. The Balaban J connectivity index is 2.50. The lowest BCUT2D eigenvalue weighted by molar-refractivity contribution is 0.414. The van der Waals surface area contributed by atoms with Crippen LogP contribution in [0.1, 0.15) is 0 Å². The zero-order valence-electron chi connectivity index (χ0n) is 10.9. The van der Waals surface area contributed by atoms with Crippen LogP contribution in [-0.2, 0) is 10.1 Å². The molecule has 0 unspecified atom stereocenters. The maximum atomic E-state index is 12.4. The van der Waals surface area contributed by atoms with E-state index in [0.717, 1.165) is 6.07 Å². The number of para-hydroxylation sites is 1. The van der Waals surface area contributed by atoms with Gasteiger partial charge in [0.2, 0.25) is 0 Å². The Morgan fingerprint density at radius 2 is 1.50 bits per heavy atom. The van der Waals surface area contributed by atoms with Crippen LogP contribution in [0.15, 0.2) is 35.2 Å². The van der Waals surface area contributed by atoms with E-state index in [1.165, 1.54) is 25.3 Å². The number of hydrogen-bond acceptors (Lipinski definition) is 4. The lowest BCUT2D eigenvalue weighted by Gasteiger charge is -2.12. The summed E-state index contributed by atoms with van der Waals surface area (Å²) in [5.41, 5.74) is 0. The summed E-state index contributed by atoms with van der Waals surface area (Å²) < 4.78 is 34.6. The van der Waals surface area contributed by atoms with E-state index in [0.29, 0.717) is 0 Å². The molecule has 9 heteroatoms. The molecule has 0 radical (unpaired) electrons. The van der Waals surface area contributed by atoms with Gasteiger partial charge in [-0.2, -0.15) is 8.42 Å². The van der Waals surface area contributed by atoms with E-state index in [-0.39, 0.29) is 36.5 Å². The molecule has 0 saturated heterocycles. The highest BCUT2D eigenvalue weighted by molar-refractivity contribution is 7.87. The smallest absolute Gasteiger partial charge is 0.340 e. The molecule has 0 N–H and O–H groups in total. The first-order chi connectivity index (χ1) is 10.3. The van der Waals surface area contributed by atoms with Crippen LogP contribution in [-0.4, -0.2) is 15.5 Å². The zero-order chi connectivity index (χ0) is 16.5. The molecular formula is C13H8Cl4O4S. The molecule has 0 amide bonds. The first kappa shape index (κ1) is 17.5. The van der Waals surface area contributed by atoms with Gasteiger partial charge in [-0.05, 0) is 18.2 Å². The maximum Gasteiger partial charge on any atom is 0.340 e. The number of halogens is 4. The normalized spacial score (nSPS) is 11.3. The Morgan fingerprint density at radius 1 is 0.909 bits per heavy atom. The van der Waals surface area contributed by atoms with E-state index in [9.17, 15) is 8.42 Å². The molecule has 0 spiro atoms. The van der Waals surface area contributed by atoms with E-state index >= 15 is 0 Å². The van der Waals surface area contributed by atoms with Gasteiger partial charge in [-0.3, -0.25) is 0 Å². The number of rotatable bonds is 4. The second-order valence-corrected chi connectivity index (χ2v) is 7.15. The Hall–Kier alpha value is -0.850. The first-order valence-corrected chi connectivity index (χ1v) is 8.60. The summed E-state index contributed by atoms with van der Waals surface area (Å²) in [6.07, 6.45) is 0. The average Bonchev–Trinajstić information content (AvgIpc) is 2.45. The summed E-state index contributed by atoms with van der Waals surface area (Å²) in [5.74, 6) is 0.0511. The van der Waals surface area contributed by atoms with E-state index in [4.69, 9.17) is 55.3 Å².